The van der Waals surface area contributed by atoms with Crippen molar-refractivity contribution in [1.82, 2.24) is 4.90 Å². The van der Waals surface area contributed by atoms with Gasteiger partial charge in [0.1, 0.15) is 0 Å². The summed E-state index contributed by atoms with van der Waals surface area (Å²) >= 11 is 0. The van der Waals surface area contributed by atoms with Crippen molar-refractivity contribution >= 4 is 21.5 Å². The molecule has 0 bridgehead atoms. The first kappa shape index (κ1) is 22.8. The van der Waals surface area contributed by atoms with Crippen molar-refractivity contribution in [2.75, 3.05) is 19.6 Å². The molecular formula is C28H39NO. The largest absolute Gasteiger partial charge is 0.387 e. The van der Waals surface area contributed by atoms with E-state index in [0.29, 0.717) is 0 Å². The van der Waals surface area contributed by atoms with Crippen LogP contribution in [0.1, 0.15) is 76.9 Å². The third kappa shape index (κ3) is 6.30. The van der Waals surface area contributed by atoms with E-state index in [1.54, 1.807) is 0 Å². The number of aliphatic hydroxyl groups excluding tert-OH is 1. The molecule has 3 aromatic rings. The van der Waals surface area contributed by atoms with Crippen LogP contribution in [0.5, 0.6) is 0 Å². The number of hydrogen-bond acceptors (Lipinski definition) is 2. The van der Waals surface area contributed by atoms with Gasteiger partial charge in [0.2, 0.25) is 0 Å². The fraction of sp³-hybridized carbons (Fsp3) is 0.500. The van der Waals surface area contributed by atoms with Gasteiger partial charge in [-0.1, -0.05) is 101 Å². The van der Waals surface area contributed by atoms with Crippen molar-refractivity contribution in [3.05, 3.63) is 60.2 Å². The van der Waals surface area contributed by atoms with Crippen molar-refractivity contribution < 1.29 is 5.11 Å². The first-order valence-electron chi connectivity index (χ1n) is 12.0. The van der Waals surface area contributed by atoms with Gasteiger partial charge in [0.15, 0.2) is 0 Å². The first-order valence-corrected chi connectivity index (χ1v) is 12.0. The van der Waals surface area contributed by atoms with Gasteiger partial charge in [-0.2, -0.15) is 0 Å². The average Bonchev–Trinajstić information content (AvgIpc) is 2.78. The number of nitrogens with zero attached hydrogens (tertiary/aromatic N) is 1. The standard InChI is InChI=1S/C28H39NO/c1-3-5-7-11-19-29(20-12-8-6-4-2)22-28(30)25-17-18-27-24(21-25)16-15-23-13-9-10-14-26(23)27/h9-10,13-18,21,28,30H,3-8,11-12,19-20,22H2,1-2H3. The molecule has 0 saturated heterocycles. The lowest BCUT2D eigenvalue weighted by Crippen LogP contribution is -2.31. The summed E-state index contributed by atoms with van der Waals surface area (Å²) in [5.41, 5.74) is 1.03. The molecule has 0 aliphatic carbocycles. The fourth-order valence-corrected chi connectivity index (χ4v) is 4.41. The number of fused-ring (bicyclic) bond motifs is 3. The Balaban J connectivity index is 1.68. The van der Waals surface area contributed by atoms with Crippen LogP contribution in [-0.2, 0) is 0 Å². The maximum absolute atomic E-state index is 11.0. The summed E-state index contributed by atoms with van der Waals surface area (Å²) in [6.45, 7) is 7.45. The molecule has 3 aromatic carbocycles. The molecule has 0 aliphatic rings. The van der Waals surface area contributed by atoms with Crippen LogP contribution < -0.4 is 0 Å². The number of hydrogen-bond donors (Lipinski definition) is 1. The van der Waals surface area contributed by atoms with Gasteiger partial charge in [-0.25, -0.2) is 0 Å². The minimum atomic E-state index is -0.432. The van der Waals surface area contributed by atoms with Gasteiger partial charge in [0.25, 0.3) is 0 Å². The van der Waals surface area contributed by atoms with Crippen LogP contribution >= 0.6 is 0 Å². The van der Waals surface area contributed by atoms with Gasteiger partial charge in [-0.15, -0.1) is 0 Å². The van der Waals surface area contributed by atoms with E-state index in [1.165, 1.54) is 72.9 Å². The predicted molar refractivity (Wildman–Crippen MR) is 131 cm³/mol. The molecule has 0 radical (unpaired) electrons. The molecule has 0 aliphatic heterocycles. The van der Waals surface area contributed by atoms with E-state index >= 15 is 0 Å². The molecule has 0 aromatic heterocycles. The summed E-state index contributed by atoms with van der Waals surface area (Å²) in [6, 6.07) is 19.4. The van der Waals surface area contributed by atoms with Crippen LogP contribution in [0.2, 0.25) is 0 Å². The SMILES string of the molecule is CCCCCCN(CCCCCC)CC(O)c1ccc2c(ccc3ccccc32)c1. The van der Waals surface area contributed by atoms with Crippen LogP contribution in [0.3, 0.4) is 0 Å². The number of benzene rings is 3. The summed E-state index contributed by atoms with van der Waals surface area (Å²) < 4.78 is 0. The second kappa shape index (κ2) is 12.1. The predicted octanol–water partition coefficient (Wildman–Crippen LogP) is 7.49. The molecule has 162 valence electrons. The lowest BCUT2D eigenvalue weighted by atomic mass is 9.98. The molecule has 1 N–H and O–H groups in total. The minimum Gasteiger partial charge on any atom is -0.387 e. The normalized spacial score (nSPS) is 12.8. The summed E-state index contributed by atoms with van der Waals surface area (Å²) in [5, 5.41) is 16.1. The second-order valence-corrected chi connectivity index (χ2v) is 8.70. The zero-order chi connectivity index (χ0) is 21.2. The van der Waals surface area contributed by atoms with Crippen LogP contribution in [0.4, 0.5) is 0 Å². The van der Waals surface area contributed by atoms with Crippen LogP contribution in [0, 0.1) is 0 Å². The highest BCUT2D eigenvalue weighted by Gasteiger charge is 2.14. The molecule has 0 amide bonds. The third-order valence-electron chi connectivity index (χ3n) is 6.24. The lowest BCUT2D eigenvalue weighted by Gasteiger charge is -2.25. The smallest absolute Gasteiger partial charge is 0.0917 e. The molecule has 0 spiro atoms. The van der Waals surface area contributed by atoms with Gasteiger partial charge in [-0.3, -0.25) is 0 Å². The Hall–Kier alpha value is -1.90. The zero-order valence-electron chi connectivity index (χ0n) is 18.9. The van der Waals surface area contributed by atoms with Crippen molar-refractivity contribution in [1.29, 1.82) is 0 Å². The van der Waals surface area contributed by atoms with E-state index in [1.807, 2.05) is 0 Å². The first-order chi connectivity index (χ1) is 14.7. The van der Waals surface area contributed by atoms with Crippen LogP contribution in [-0.4, -0.2) is 29.6 Å². The van der Waals surface area contributed by atoms with E-state index in [2.05, 4.69) is 73.3 Å². The Kier molecular flexibility index (Phi) is 9.17. The van der Waals surface area contributed by atoms with Crippen LogP contribution in [0.15, 0.2) is 54.6 Å². The van der Waals surface area contributed by atoms with Gasteiger partial charge in [-0.05, 0) is 59.1 Å². The van der Waals surface area contributed by atoms with E-state index in [9.17, 15) is 5.11 Å². The van der Waals surface area contributed by atoms with Crippen molar-refractivity contribution in [3.63, 3.8) is 0 Å². The Morgan fingerprint density at radius 1 is 0.700 bits per heavy atom. The molecule has 2 heteroatoms. The maximum Gasteiger partial charge on any atom is 0.0917 e. The monoisotopic (exact) mass is 405 g/mol. The highest BCUT2D eigenvalue weighted by molar-refractivity contribution is 6.07. The molecule has 30 heavy (non-hydrogen) atoms. The third-order valence-corrected chi connectivity index (χ3v) is 6.24. The Bertz CT molecular complexity index is 891. The molecule has 1 atom stereocenters. The molecular weight excluding hydrogens is 366 g/mol. The summed E-state index contributed by atoms with van der Waals surface area (Å²) in [4.78, 5) is 2.49. The second-order valence-electron chi connectivity index (χ2n) is 8.70. The highest BCUT2D eigenvalue weighted by Crippen LogP contribution is 2.28. The van der Waals surface area contributed by atoms with Crippen molar-refractivity contribution in [2.24, 2.45) is 0 Å². The van der Waals surface area contributed by atoms with Gasteiger partial charge >= 0.3 is 0 Å². The van der Waals surface area contributed by atoms with Gasteiger partial charge < -0.3 is 10.0 Å². The van der Waals surface area contributed by atoms with Gasteiger partial charge in [0.05, 0.1) is 6.10 Å². The number of aliphatic hydroxyl groups is 1. The molecule has 2 nitrogen and oxygen atoms in total. The number of unbranched alkanes of at least 4 members (excludes halogenated alkanes) is 6. The van der Waals surface area contributed by atoms with Gasteiger partial charge in [0, 0.05) is 6.54 Å². The lowest BCUT2D eigenvalue weighted by molar-refractivity contribution is 0.110. The topological polar surface area (TPSA) is 23.5 Å². The quantitative estimate of drug-likeness (QED) is 0.235. The van der Waals surface area contributed by atoms with Crippen LogP contribution in [0.25, 0.3) is 21.5 Å². The maximum atomic E-state index is 11.0. The van der Waals surface area contributed by atoms with E-state index < -0.39 is 6.10 Å². The minimum absolute atomic E-state index is 0.432. The Morgan fingerprint density at radius 2 is 1.33 bits per heavy atom. The summed E-state index contributed by atoms with van der Waals surface area (Å²) in [5.74, 6) is 0. The molecule has 0 saturated carbocycles. The molecule has 1 unspecified atom stereocenters. The van der Waals surface area contributed by atoms with E-state index in [-0.39, 0.29) is 0 Å². The molecule has 0 fully saturated rings. The van der Waals surface area contributed by atoms with E-state index in [4.69, 9.17) is 0 Å². The number of rotatable bonds is 13. The Morgan fingerprint density at radius 3 is 2.03 bits per heavy atom. The Labute approximate surface area is 182 Å². The average molecular weight is 406 g/mol. The molecule has 3 rings (SSSR count). The fourth-order valence-electron chi connectivity index (χ4n) is 4.41. The van der Waals surface area contributed by atoms with Crippen molar-refractivity contribution in [2.45, 2.75) is 71.3 Å². The van der Waals surface area contributed by atoms with E-state index in [0.717, 1.165) is 25.2 Å². The van der Waals surface area contributed by atoms with Crippen molar-refractivity contribution in [3.8, 4) is 0 Å². The summed E-state index contributed by atoms with van der Waals surface area (Å²) in [7, 11) is 0. The summed E-state index contributed by atoms with van der Waals surface area (Å²) in [6.07, 6.45) is 9.78. The molecule has 0 heterocycles. The highest BCUT2D eigenvalue weighted by atomic mass is 16.3. The zero-order valence-corrected chi connectivity index (χ0v) is 18.9.